The van der Waals surface area contributed by atoms with Gasteiger partial charge in [-0.05, 0) is 0 Å². The fourth-order valence-electron chi connectivity index (χ4n) is 2.50. The number of aliphatic hydroxyl groups is 4. The molecule has 0 bridgehead atoms. The second kappa shape index (κ2) is 22.2. The zero-order valence-corrected chi connectivity index (χ0v) is 22.1. The van der Waals surface area contributed by atoms with Crippen LogP contribution in [0.3, 0.4) is 0 Å². The normalized spacial score (nSPS) is 15.0. The van der Waals surface area contributed by atoms with Gasteiger partial charge >= 0.3 is 18.5 Å². The van der Waals surface area contributed by atoms with Crippen LogP contribution >= 0.6 is 0 Å². The Bertz CT molecular complexity index is 692. The topological polar surface area (TPSA) is 159 Å². The van der Waals surface area contributed by atoms with Crippen molar-refractivity contribution in [3.8, 4) is 0 Å². The van der Waals surface area contributed by atoms with Gasteiger partial charge in [0.2, 0.25) is 6.54 Å². The first kappa shape index (κ1) is 39.6. The summed E-state index contributed by atoms with van der Waals surface area (Å²) in [6, 6.07) is 0. The van der Waals surface area contributed by atoms with Crippen molar-refractivity contribution in [2.75, 3.05) is 92.4 Å². The van der Waals surface area contributed by atoms with E-state index in [1.807, 2.05) is 0 Å². The number of nitrogens with zero attached hydrogens (tertiary/aromatic N) is 1. The minimum Gasteiger partial charge on any atom is -0.394 e. The molecule has 0 spiro atoms. The van der Waals surface area contributed by atoms with Gasteiger partial charge in [-0.3, -0.25) is 0 Å². The molecule has 0 heterocycles. The lowest BCUT2D eigenvalue weighted by Gasteiger charge is -2.26. The molecule has 41 heavy (non-hydrogen) atoms. The highest BCUT2D eigenvalue weighted by molar-refractivity contribution is 4.60. The van der Waals surface area contributed by atoms with E-state index in [0.29, 0.717) is 19.6 Å². The van der Waals surface area contributed by atoms with Crippen molar-refractivity contribution in [2.24, 2.45) is 0 Å². The van der Waals surface area contributed by atoms with Gasteiger partial charge in [0.15, 0.2) is 0 Å². The molecule has 0 aromatic rings. The Balaban J connectivity index is 4.06. The molecule has 0 aromatic carbocycles. The van der Waals surface area contributed by atoms with Gasteiger partial charge in [-0.2, -0.15) is 17.6 Å². The van der Waals surface area contributed by atoms with Crippen molar-refractivity contribution in [3.05, 3.63) is 11.4 Å². The minimum atomic E-state index is -5.46. The Hall–Kier alpha value is -1.41. The average Bonchev–Trinajstić information content (AvgIpc) is 2.84. The van der Waals surface area contributed by atoms with Gasteiger partial charge in [0, 0.05) is 6.42 Å². The highest BCUT2D eigenvalue weighted by Crippen LogP contribution is 2.33. The molecule has 3 atom stereocenters. The van der Waals surface area contributed by atoms with E-state index >= 15 is 0 Å². The van der Waals surface area contributed by atoms with Crippen LogP contribution in [0.25, 0.3) is 4.85 Å². The largest absolute Gasteiger partial charge is 0.495 e. The zero-order chi connectivity index (χ0) is 31.2. The summed E-state index contributed by atoms with van der Waals surface area (Å²) in [5, 5.41) is 37.2. The van der Waals surface area contributed by atoms with E-state index in [1.54, 1.807) is 0 Å². The van der Waals surface area contributed by atoms with Crippen LogP contribution in [0.4, 0.5) is 26.3 Å². The van der Waals surface area contributed by atoms with Crippen LogP contribution in [-0.2, 0) is 37.9 Å². The van der Waals surface area contributed by atoms with Gasteiger partial charge in [0.1, 0.15) is 31.5 Å². The van der Waals surface area contributed by atoms with Gasteiger partial charge in [0.25, 0.3) is 0 Å². The van der Waals surface area contributed by atoms with E-state index in [1.165, 1.54) is 0 Å². The zero-order valence-electron chi connectivity index (χ0n) is 22.1. The summed E-state index contributed by atoms with van der Waals surface area (Å²) in [6.07, 6.45) is -18.0. The summed E-state index contributed by atoms with van der Waals surface area (Å²) in [5.74, 6) is 0. The number of hydrogen-bond donors (Lipinski definition) is 4. The smallest absolute Gasteiger partial charge is 0.394 e. The van der Waals surface area contributed by atoms with E-state index in [2.05, 4.69) is 23.8 Å². The first-order valence-corrected chi connectivity index (χ1v) is 12.2. The summed E-state index contributed by atoms with van der Waals surface area (Å²) in [5.41, 5.74) is 0. The Morgan fingerprint density at radius 1 is 0.585 bits per heavy atom. The van der Waals surface area contributed by atoms with E-state index in [-0.39, 0.29) is 46.2 Å². The predicted molar refractivity (Wildman–Crippen MR) is 123 cm³/mol. The number of alkyl halides is 6. The lowest BCUT2D eigenvalue weighted by molar-refractivity contribution is -0.518. The maximum Gasteiger partial charge on any atom is 0.495 e. The molecule has 0 saturated carbocycles. The summed E-state index contributed by atoms with van der Waals surface area (Å²) in [4.78, 5) is 3.14. The predicted octanol–water partition coefficient (Wildman–Crippen LogP) is 0.239. The molecule has 19 heteroatoms. The Labute approximate surface area is 232 Å². The van der Waals surface area contributed by atoms with Crippen molar-refractivity contribution in [2.45, 2.75) is 43.2 Å². The summed E-state index contributed by atoms with van der Waals surface area (Å²) in [7, 11) is 0. The monoisotopic (exact) mass is 621 g/mol. The molecule has 0 aliphatic rings. The number of halogens is 6. The van der Waals surface area contributed by atoms with Crippen LogP contribution in [0, 0.1) is 6.57 Å². The standard InChI is InChI=1S/C22H37F6NO12/c1-29-3-2-5-34-9-17(31)12-38-13-18(32)11-36-7-8-37-15-20(23,24)40-22(27,28)41-21(25,26)16-39-14-19(33)10-35-6-4-30/h17-19,30-33H,2-16H2. The van der Waals surface area contributed by atoms with Gasteiger partial charge in [0.05, 0.1) is 72.7 Å². The fraction of sp³-hybridized carbons (Fsp3) is 0.955. The number of ether oxygens (including phenoxy) is 8. The SMILES string of the molecule is [C-]#[N+]CCCOCC(O)COCC(O)COCCOCC(F)(F)OC(F)(F)OC(F)(F)COCC(O)COCCO. The van der Waals surface area contributed by atoms with Crippen LogP contribution < -0.4 is 0 Å². The highest BCUT2D eigenvalue weighted by atomic mass is 19.3. The van der Waals surface area contributed by atoms with Crippen LogP contribution in [0.1, 0.15) is 6.42 Å². The van der Waals surface area contributed by atoms with Crippen LogP contribution in [-0.4, -0.2) is 150 Å². The van der Waals surface area contributed by atoms with Gasteiger partial charge in [-0.1, -0.05) is 0 Å². The van der Waals surface area contributed by atoms with Crippen LogP contribution in [0.5, 0.6) is 0 Å². The molecule has 244 valence electrons. The van der Waals surface area contributed by atoms with Gasteiger partial charge in [-0.15, -0.1) is 8.78 Å². The fourth-order valence-corrected chi connectivity index (χ4v) is 2.50. The van der Waals surface area contributed by atoms with E-state index in [0.717, 1.165) is 0 Å². The van der Waals surface area contributed by atoms with E-state index < -0.39 is 69.9 Å². The molecule has 0 amide bonds. The molecule has 0 aromatic heterocycles. The Kier molecular flexibility index (Phi) is 21.4. The number of rotatable bonds is 28. The molecule has 0 aliphatic heterocycles. The first-order chi connectivity index (χ1) is 19.2. The van der Waals surface area contributed by atoms with Crippen LogP contribution in [0.15, 0.2) is 0 Å². The van der Waals surface area contributed by atoms with Gasteiger partial charge in [-0.25, -0.2) is 16.0 Å². The molecule has 0 radical (unpaired) electrons. The third-order valence-corrected chi connectivity index (χ3v) is 4.10. The van der Waals surface area contributed by atoms with Crippen molar-refractivity contribution in [3.63, 3.8) is 0 Å². The van der Waals surface area contributed by atoms with E-state index in [9.17, 15) is 41.7 Å². The maximum absolute atomic E-state index is 13.6. The molecule has 4 N–H and O–H groups in total. The lowest BCUT2D eigenvalue weighted by Crippen LogP contribution is -2.44. The Morgan fingerprint density at radius 3 is 1.51 bits per heavy atom. The molecule has 13 nitrogen and oxygen atoms in total. The van der Waals surface area contributed by atoms with E-state index in [4.69, 9.17) is 30.6 Å². The van der Waals surface area contributed by atoms with Crippen molar-refractivity contribution < 1.29 is 84.7 Å². The van der Waals surface area contributed by atoms with Crippen molar-refractivity contribution >= 4 is 0 Å². The average molecular weight is 622 g/mol. The molecule has 0 rings (SSSR count). The van der Waals surface area contributed by atoms with Gasteiger partial charge < -0.3 is 53.7 Å². The first-order valence-electron chi connectivity index (χ1n) is 12.2. The summed E-state index contributed by atoms with van der Waals surface area (Å²) < 4.78 is 116. The quantitative estimate of drug-likeness (QED) is 0.0409. The second-order valence-electron chi connectivity index (χ2n) is 8.19. The van der Waals surface area contributed by atoms with Crippen LogP contribution in [0.2, 0.25) is 0 Å². The minimum absolute atomic E-state index is 0.0281. The lowest BCUT2D eigenvalue weighted by atomic mass is 10.4. The molecular weight excluding hydrogens is 584 g/mol. The molecule has 0 saturated heterocycles. The number of hydrogen-bond acceptors (Lipinski definition) is 12. The summed E-state index contributed by atoms with van der Waals surface area (Å²) >= 11 is 0. The number of aliphatic hydroxyl groups excluding tert-OH is 4. The second-order valence-corrected chi connectivity index (χ2v) is 8.19. The Morgan fingerprint density at radius 2 is 1.00 bits per heavy atom. The van der Waals surface area contributed by atoms with Crippen molar-refractivity contribution in [1.82, 2.24) is 0 Å². The third-order valence-electron chi connectivity index (χ3n) is 4.10. The highest BCUT2D eigenvalue weighted by Gasteiger charge is 2.52. The summed E-state index contributed by atoms with van der Waals surface area (Å²) in [6.45, 7) is 0.196. The van der Waals surface area contributed by atoms with Crippen molar-refractivity contribution in [1.29, 1.82) is 0 Å². The molecule has 3 unspecified atom stereocenters. The maximum atomic E-state index is 13.6. The molecule has 0 aliphatic carbocycles. The third kappa shape index (κ3) is 24.9. The molecule has 0 fully saturated rings. The molecular formula is C22H37F6NO12.